The van der Waals surface area contributed by atoms with Crippen LogP contribution in [-0.4, -0.2) is 15.9 Å². The summed E-state index contributed by atoms with van der Waals surface area (Å²) in [7, 11) is 0. The highest BCUT2D eigenvalue weighted by atomic mass is 19.2. The molecule has 2 aromatic rings. The maximum Gasteiger partial charge on any atom is 0.254 e. The predicted molar refractivity (Wildman–Crippen MR) is 69.9 cm³/mol. The van der Waals surface area contributed by atoms with E-state index < -0.39 is 17.5 Å². The van der Waals surface area contributed by atoms with Crippen LogP contribution in [0.5, 0.6) is 0 Å². The summed E-state index contributed by atoms with van der Waals surface area (Å²) in [5.74, 6) is -2.20. The van der Waals surface area contributed by atoms with Gasteiger partial charge in [-0.05, 0) is 12.5 Å². The smallest absolute Gasteiger partial charge is 0.254 e. The second kappa shape index (κ2) is 5.68. The van der Waals surface area contributed by atoms with Crippen LogP contribution in [0.15, 0.2) is 24.5 Å². The van der Waals surface area contributed by atoms with Gasteiger partial charge in [0.2, 0.25) is 0 Å². The number of nitrogen functional groups attached to an aromatic ring is 1. The number of aromatic nitrogens is 2. The number of nitrogens with two attached hydrogens (primary N) is 1. The Bertz CT molecular complexity index is 613. The molecule has 1 amide bonds. The number of hydrogen-bond donors (Lipinski definition) is 3. The number of benzene rings is 1. The van der Waals surface area contributed by atoms with Gasteiger partial charge in [0.1, 0.15) is 5.82 Å². The highest BCUT2D eigenvalue weighted by molar-refractivity contribution is 5.99. The van der Waals surface area contributed by atoms with Crippen LogP contribution < -0.4 is 11.1 Å². The van der Waals surface area contributed by atoms with Gasteiger partial charge in [-0.1, -0.05) is 6.92 Å². The van der Waals surface area contributed by atoms with E-state index in [1.807, 2.05) is 6.92 Å². The number of carbonyl (C=O) groups is 1. The normalized spacial score (nSPS) is 12.2. The number of halogens is 2. The summed E-state index contributed by atoms with van der Waals surface area (Å²) in [5.41, 5.74) is 5.32. The molecular formula is C13H14F2N4O. The zero-order chi connectivity index (χ0) is 14.7. The van der Waals surface area contributed by atoms with E-state index in [2.05, 4.69) is 15.3 Å². The Hall–Kier alpha value is -2.44. The summed E-state index contributed by atoms with van der Waals surface area (Å²) < 4.78 is 26.2. The lowest BCUT2D eigenvalue weighted by Crippen LogP contribution is -2.29. The molecule has 0 spiro atoms. The molecule has 0 aliphatic carbocycles. The Morgan fingerprint density at radius 3 is 2.75 bits per heavy atom. The largest absolute Gasteiger partial charge is 0.398 e. The number of anilines is 1. The summed E-state index contributed by atoms with van der Waals surface area (Å²) in [6.45, 7) is 1.86. The Morgan fingerprint density at radius 2 is 2.15 bits per heavy atom. The van der Waals surface area contributed by atoms with Gasteiger partial charge in [-0.25, -0.2) is 13.8 Å². The number of amides is 1. The van der Waals surface area contributed by atoms with Gasteiger partial charge in [-0.2, -0.15) is 0 Å². The third-order valence-electron chi connectivity index (χ3n) is 2.90. The molecule has 0 aliphatic rings. The molecular weight excluding hydrogens is 266 g/mol. The van der Waals surface area contributed by atoms with Crippen molar-refractivity contribution in [2.75, 3.05) is 5.73 Å². The van der Waals surface area contributed by atoms with Gasteiger partial charge in [0, 0.05) is 24.1 Å². The van der Waals surface area contributed by atoms with Crippen LogP contribution in [-0.2, 0) is 0 Å². The second-order valence-electron chi connectivity index (χ2n) is 4.26. The monoisotopic (exact) mass is 280 g/mol. The molecule has 1 aromatic heterocycles. The van der Waals surface area contributed by atoms with Gasteiger partial charge in [0.05, 0.1) is 11.6 Å². The molecule has 20 heavy (non-hydrogen) atoms. The van der Waals surface area contributed by atoms with E-state index in [1.165, 1.54) is 0 Å². The van der Waals surface area contributed by atoms with Crippen LogP contribution in [0.3, 0.4) is 0 Å². The van der Waals surface area contributed by atoms with Crippen LogP contribution >= 0.6 is 0 Å². The Labute approximate surface area is 114 Å². The highest BCUT2D eigenvalue weighted by Crippen LogP contribution is 2.19. The van der Waals surface area contributed by atoms with Gasteiger partial charge in [0.15, 0.2) is 11.6 Å². The van der Waals surface area contributed by atoms with Crippen molar-refractivity contribution in [3.8, 4) is 0 Å². The number of hydrogen-bond acceptors (Lipinski definition) is 3. The predicted octanol–water partition coefficient (Wildman–Crippen LogP) is 2.15. The SMILES string of the molecule is CCC(NC(=O)c1cc(F)c(F)cc1N)c1ncc[nH]1. The molecule has 1 unspecified atom stereocenters. The van der Waals surface area contributed by atoms with Gasteiger partial charge < -0.3 is 16.0 Å². The number of aromatic amines is 1. The van der Waals surface area contributed by atoms with Crippen molar-refractivity contribution >= 4 is 11.6 Å². The van der Waals surface area contributed by atoms with E-state index in [4.69, 9.17) is 5.73 Å². The average Bonchev–Trinajstić information content (AvgIpc) is 2.93. The van der Waals surface area contributed by atoms with Crippen molar-refractivity contribution in [2.45, 2.75) is 19.4 Å². The molecule has 0 fully saturated rings. The van der Waals surface area contributed by atoms with E-state index in [0.29, 0.717) is 12.2 Å². The van der Waals surface area contributed by atoms with E-state index in [0.717, 1.165) is 12.1 Å². The lowest BCUT2D eigenvalue weighted by Gasteiger charge is -2.15. The molecule has 1 atom stereocenters. The first-order chi connectivity index (χ1) is 9.52. The summed E-state index contributed by atoms with van der Waals surface area (Å²) in [5, 5.41) is 2.67. The Kier molecular flexibility index (Phi) is 3.97. The standard InChI is InChI=1S/C13H14F2N4O/c1-2-11(12-17-3-4-18-12)19-13(20)7-5-8(14)9(15)6-10(7)16/h3-6,11H,2,16H2,1H3,(H,17,18)(H,19,20). The zero-order valence-electron chi connectivity index (χ0n) is 10.8. The van der Waals surface area contributed by atoms with Crippen molar-refractivity contribution < 1.29 is 13.6 Å². The van der Waals surface area contributed by atoms with Gasteiger partial charge in [-0.3, -0.25) is 4.79 Å². The van der Waals surface area contributed by atoms with Crippen molar-refractivity contribution in [3.05, 3.63) is 47.5 Å². The fraction of sp³-hybridized carbons (Fsp3) is 0.231. The minimum absolute atomic E-state index is 0.103. The lowest BCUT2D eigenvalue weighted by molar-refractivity contribution is 0.0934. The lowest BCUT2D eigenvalue weighted by atomic mass is 10.1. The maximum absolute atomic E-state index is 13.2. The minimum Gasteiger partial charge on any atom is -0.398 e. The highest BCUT2D eigenvalue weighted by Gasteiger charge is 2.19. The molecule has 4 N–H and O–H groups in total. The minimum atomic E-state index is -1.12. The molecule has 0 bridgehead atoms. The molecule has 0 saturated carbocycles. The number of rotatable bonds is 4. The van der Waals surface area contributed by atoms with Gasteiger partial charge in [0.25, 0.3) is 5.91 Å². The first-order valence-corrected chi connectivity index (χ1v) is 6.07. The van der Waals surface area contributed by atoms with Crippen LogP contribution in [0, 0.1) is 11.6 Å². The molecule has 0 aliphatic heterocycles. The van der Waals surface area contributed by atoms with Gasteiger partial charge in [-0.15, -0.1) is 0 Å². The summed E-state index contributed by atoms with van der Waals surface area (Å²) in [6, 6.07) is 1.22. The molecule has 5 nitrogen and oxygen atoms in total. The van der Waals surface area contributed by atoms with Gasteiger partial charge >= 0.3 is 0 Å². The first-order valence-electron chi connectivity index (χ1n) is 6.07. The fourth-order valence-electron chi connectivity index (χ4n) is 1.83. The van der Waals surface area contributed by atoms with Crippen molar-refractivity contribution in [1.82, 2.24) is 15.3 Å². The van der Waals surface area contributed by atoms with E-state index in [1.54, 1.807) is 12.4 Å². The summed E-state index contributed by atoms with van der Waals surface area (Å²) >= 11 is 0. The first kappa shape index (κ1) is 14.0. The molecule has 0 radical (unpaired) electrons. The van der Waals surface area contributed by atoms with Crippen LogP contribution in [0.25, 0.3) is 0 Å². The van der Waals surface area contributed by atoms with Crippen molar-refractivity contribution in [1.29, 1.82) is 0 Å². The fourth-order valence-corrected chi connectivity index (χ4v) is 1.83. The Morgan fingerprint density at radius 1 is 1.45 bits per heavy atom. The molecule has 0 saturated heterocycles. The number of imidazole rings is 1. The van der Waals surface area contributed by atoms with E-state index >= 15 is 0 Å². The van der Waals surface area contributed by atoms with E-state index in [9.17, 15) is 13.6 Å². The van der Waals surface area contributed by atoms with Crippen LogP contribution in [0.4, 0.5) is 14.5 Å². The number of nitrogens with one attached hydrogen (secondary N) is 2. The van der Waals surface area contributed by atoms with Crippen LogP contribution in [0.2, 0.25) is 0 Å². The summed E-state index contributed by atoms with van der Waals surface area (Å²) in [4.78, 5) is 19.0. The van der Waals surface area contributed by atoms with Crippen molar-refractivity contribution in [2.24, 2.45) is 0 Å². The van der Waals surface area contributed by atoms with Crippen LogP contribution in [0.1, 0.15) is 35.6 Å². The second-order valence-corrected chi connectivity index (χ2v) is 4.26. The topological polar surface area (TPSA) is 83.8 Å². The quantitative estimate of drug-likeness (QED) is 0.750. The average molecular weight is 280 g/mol. The third-order valence-corrected chi connectivity index (χ3v) is 2.90. The molecule has 1 aromatic carbocycles. The Balaban J connectivity index is 2.21. The summed E-state index contributed by atoms with van der Waals surface area (Å²) in [6.07, 6.45) is 3.79. The number of nitrogens with zero attached hydrogens (tertiary/aromatic N) is 1. The number of carbonyl (C=O) groups excluding carboxylic acids is 1. The zero-order valence-corrected chi connectivity index (χ0v) is 10.8. The number of H-pyrrole nitrogens is 1. The maximum atomic E-state index is 13.2. The van der Waals surface area contributed by atoms with E-state index in [-0.39, 0.29) is 17.3 Å². The molecule has 106 valence electrons. The molecule has 2 rings (SSSR count). The third kappa shape index (κ3) is 2.76. The molecule has 7 heteroatoms. The molecule has 1 heterocycles. The van der Waals surface area contributed by atoms with Crippen molar-refractivity contribution in [3.63, 3.8) is 0 Å².